The van der Waals surface area contributed by atoms with Crippen LogP contribution in [0.2, 0.25) is 0 Å². The molecule has 0 radical (unpaired) electrons. The lowest BCUT2D eigenvalue weighted by atomic mass is 9.96. The smallest absolute Gasteiger partial charge is 0.248 e. The maximum absolute atomic E-state index is 13.2. The SMILES string of the molecule is Cc1cc(-c2cc(C(N)=O)ccc2C)ccc1F. The summed E-state index contributed by atoms with van der Waals surface area (Å²) in [4.78, 5) is 11.2. The van der Waals surface area contributed by atoms with Crippen molar-refractivity contribution in [3.63, 3.8) is 0 Å². The number of aryl methyl sites for hydroxylation is 2. The van der Waals surface area contributed by atoms with Crippen molar-refractivity contribution < 1.29 is 9.18 Å². The number of benzene rings is 2. The molecule has 0 spiro atoms. The molecule has 18 heavy (non-hydrogen) atoms. The van der Waals surface area contributed by atoms with Crippen molar-refractivity contribution in [2.24, 2.45) is 5.73 Å². The standard InChI is InChI=1S/C15H14FNO/c1-9-3-4-12(15(17)18)8-13(9)11-5-6-14(16)10(2)7-11/h3-8H,1-2H3,(H2,17,18). The molecule has 0 aromatic heterocycles. The molecule has 2 N–H and O–H groups in total. The number of primary amides is 1. The molecule has 2 rings (SSSR count). The Hall–Kier alpha value is -2.16. The van der Waals surface area contributed by atoms with Crippen LogP contribution in [-0.2, 0) is 0 Å². The zero-order valence-electron chi connectivity index (χ0n) is 10.3. The predicted molar refractivity (Wildman–Crippen MR) is 69.8 cm³/mol. The summed E-state index contributed by atoms with van der Waals surface area (Å²) in [6, 6.07) is 10.2. The first-order valence-corrected chi connectivity index (χ1v) is 5.66. The zero-order valence-corrected chi connectivity index (χ0v) is 10.3. The maximum atomic E-state index is 13.2. The molecule has 0 atom stereocenters. The number of rotatable bonds is 2. The Morgan fingerprint density at radius 1 is 1.06 bits per heavy atom. The summed E-state index contributed by atoms with van der Waals surface area (Å²) in [5.74, 6) is -0.697. The average Bonchev–Trinajstić information content (AvgIpc) is 2.33. The van der Waals surface area contributed by atoms with E-state index in [2.05, 4.69) is 0 Å². The van der Waals surface area contributed by atoms with Gasteiger partial charge in [-0.2, -0.15) is 0 Å². The molecule has 1 amide bonds. The van der Waals surface area contributed by atoms with E-state index in [0.29, 0.717) is 11.1 Å². The first-order valence-electron chi connectivity index (χ1n) is 5.66. The van der Waals surface area contributed by atoms with Gasteiger partial charge in [0.25, 0.3) is 0 Å². The van der Waals surface area contributed by atoms with E-state index in [4.69, 9.17) is 5.73 Å². The van der Waals surface area contributed by atoms with Crippen molar-refractivity contribution in [2.75, 3.05) is 0 Å². The monoisotopic (exact) mass is 243 g/mol. The normalized spacial score (nSPS) is 10.4. The van der Waals surface area contributed by atoms with Crippen LogP contribution in [0.5, 0.6) is 0 Å². The molecular formula is C15H14FNO. The second-order valence-electron chi connectivity index (χ2n) is 4.36. The third-order valence-electron chi connectivity index (χ3n) is 2.99. The first kappa shape index (κ1) is 12.3. The van der Waals surface area contributed by atoms with E-state index in [0.717, 1.165) is 16.7 Å². The van der Waals surface area contributed by atoms with Crippen LogP contribution in [0.1, 0.15) is 21.5 Å². The fourth-order valence-corrected chi connectivity index (χ4v) is 1.90. The molecule has 3 heteroatoms. The van der Waals surface area contributed by atoms with Gasteiger partial charge in [0, 0.05) is 5.56 Å². The Labute approximate surface area is 105 Å². The van der Waals surface area contributed by atoms with E-state index >= 15 is 0 Å². The lowest BCUT2D eigenvalue weighted by Gasteiger charge is -2.09. The fourth-order valence-electron chi connectivity index (χ4n) is 1.90. The van der Waals surface area contributed by atoms with E-state index < -0.39 is 5.91 Å². The van der Waals surface area contributed by atoms with Crippen LogP contribution in [0.4, 0.5) is 4.39 Å². The van der Waals surface area contributed by atoms with Crippen LogP contribution in [0.3, 0.4) is 0 Å². The maximum Gasteiger partial charge on any atom is 0.248 e. The molecule has 0 aliphatic rings. The number of amides is 1. The number of nitrogens with two attached hydrogens (primary N) is 1. The Balaban J connectivity index is 2.58. The Morgan fingerprint density at radius 2 is 1.78 bits per heavy atom. The van der Waals surface area contributed by atoms with E-state index in [1.165, 1.54) is 6.07 Å². The van der Waals surface area contributed by atoms with Crippen molar-refractivity contribution in [1.82, 2.24) is 0 Å². The van der Waals surface area contributed by atoms with Crippen molar-refractivity contribution in [2.45, 2.75) is 13.8 Å². The second-order valence-corrected chi connectivity index (χ2v) is 4.36. The van der Waals surface area contributed by atoms with Gasteiger partial charge in [0.05, 0.1) is 0 Å². The second kappa shape index (κ2) is 4.61. The van der Waals surface area contributed by atoms with Gasteiger partial charge >= 0.3 is 0 Å². The molecule has 0 bridgehead atoms. The fraction of sp³-hybridized carbons (Fsp3) is 0.133. The molecule has 0 saturated heterocycles. The molecule has 0 aliphatic heterocycles. The molecule has 2 nitrogen and oxygen atoms in total. The van der Waals surface area contributed by atoms with Crippen LogP contribution in [0.15, 0.2) is 36.4 Å². The van der Waals surface area contributed by atoms with Crippen molar-refractivity contribution in [1.29, 1.82) is 0 Å². The minimum atomic E-state index is -0.463. The third-order valence-corrected chi connectivity index (χ3v) is 2.99. The highest BCUT2D eigenvalue weighted by Gasteiger charge is 2.08. The van der Waals surface area contributed by atoms with Crippen LogP contribution < -0.4 is 5.73 Å². The number of carbonyl (C=O) groups excluding carboxylic acids is 1. The summed E-state index contributed by atoms with van der Waals surface area (Å²) in [7, 11) is 0. The van der Waals surface area contributed by atoms with Gasteiger partial charge in [-0.1, -0.05) is 12.1 Å². The summed E-state index contributed by atoms with van der Waals surface area (Å²) >= 11 is 0. The average molecular weight is 243 g/mol. The minimum Gasteiger partial charge on any atom is -0.366 e. The van der Waals surface area contributed by atoms with Gasteiger partial charge in [0.15, 0.2) is 0 Å². The summed E-state index contributed by atoms with van der Waals surface area (Å²) in [6.07, 6.45) is 0. The van der Waals surface area contributed by atoms with Crippen molar-refractivity contribution in [3.8, 4) is 11.1 Å². The van der Waals surface area contributed by atoms with Crippen LogP contribution >= 0.6 is 0 Å². The van der Waals surface area contributed by atoms with Gasteiger partial charge in [-0.3, -0.25) is 4.79 Å². The predicted octanol–water partition coefficient (Wildman–Crippen LogP) is 3.21. The highest BCUT2D eigenvalue weighted by Crippen LogP contribution is 2.26. The number of hydrogen-bond donors (Lipinski definition) is 1. The van der Waals surface area contributed by atoms with Gasteiger partial charge in [-0.25, -0.2) is 4.39 Å². The number of halogens is 1. The van der Waals surface area contributed by atoms with Crippen molar-refractivity contribution >= 4 is 5.91 Å². The van der Waals surface area contributed by atoms with Gasteiger partial charge in [0.1, 0.15) is 5.82 Å². The molecule has 0 saturated carbocycles. The van der Waals surface area contributed by atoms with Crippen LogP contribution in [-0.4, -0.2) is 5.91 Å². The minimum absolute atomic E-state index is 0.234. The third kappa shape index (κ3) is 2.25. The summed E-state index contributed by atoms with van der Waals surface area (Å²) in [5.41, 5.74) is 9.10. The Bertz CT molecular complexity index is 620. The van der Waals surface area contributed by atoms with Gasteiger partial charge < -0.3 is 5.73 Å². The molecule has 0 fully saturated rings. The van der Waals surface area contributed by atoms with Gasteiger partial charge in [0.2, 0.25) is 5.91 Å². The zero-order chi connectivity index (χ0) is 13.3. The molecule has 0 unspecified atom stereocenters. The molecule has 0 heterocycles. The highest BCUT2D eigenvalue weighted by molar-refractivity contribution is 5.94. The lowest BCUT2D eigenvalue weighted by Crippen LogP contribution is -2.10. The molecule has 2 aromatic carbocycles. The van der Waals surface area contributed by atoms with E-state index in [9.17, 15) is 9.18 Å². The summed E-state index contributed by atoms with van der Waals surface area (Å²) < 4.78 is 13.2. The topological polar surface area (TPSA) is 43.1 Å². The number of carbonyl (C=O) groups is 1. The van der Waals surface area contributed by atoms with E-state index in [-0.39, 0.29) is 5.82 Å². The van der Waals surface area contributed by atoms with Gasteiger partial charge in [-0.15, -0.1) is 0 Å². The number of hydrogen-bond acceptors (Lipinski definition) is 1. The largest absolute Gasteiger partial charge is 0.366 e. The summed E-state index contributed by atoms with van der Waals surface area (Å²) in [5, 5.41) is 0. The highest BCUT2D eigenvalue weighted by atomic mass is 19.1. The molecule has 92 valence electrons. The Kier molecular flexibility index (Phi) is 3.15. The van der Waals surface area contributed by atoms with E-state index in [1.54, 1.807) is 31.2 Å². The quantitative estimate of drug-likeness (QED) is 0.864. The van der Waals surface area contributed by atoms with E-state index in [1.807, 2.05) is 13.0 Å². The first-order chi connectivity index (χ1) is 8.49. The Morgan fingerprint density at radius 3 is 2.39 bits per heavy atom. The molecule has 2 aromatic rings. The van der Waals surface area contributed by atoms with Crippen LogP contribution in [0.25, 0.3) is 11.1 Å². The molecule has 0 aliphatic carbocycles. The van der Waals surface area contributed by atoms with Crippen LogP contribution in [0, 0.1) is 19.7 Å². The molecular weight excluding hydrogens is 229 g/mol. The van der Waals surface area contributed by atoms with Gasteiger partial charge in [-0.05, 0) is 60.4 Å². The lowest BCUT2D eigenvalue weighted by molar-refractivity contribution is 0.100. The van der Waals surface area contributed by atoms with Crippen molar-refractivity contribution in [3.05, 3.63) is 58.9 Å². The summed E-state index contributed by atoms with van der Waals surface area (Å²) in [6.45, 7) is 3.66.